The molecule has 0 spiro atoms. The van der Waals surface area contributed by atoms with Crippen LogP contribution in [0.15, 0.2) is 117 Å². The van der Waals surface area contributed by atoms with Gasteiger partial charge in [0.2, 0.25) is 5.16 Å². The average molecular weight is 482 g/mol. The summed E-state index contributed by atoms with van der Waals surface area (Å²) >= 11 is 1.32. The zero-order valence-electron chi connectivity index (χ0n) is 18.3. The van der Waals surface area contributed by atoms with Crippen molar-refractivity contribution in [3.05, 3.63) is 108 Å². The summed E-state index contributed by atoms with van der Waals surface area (Å²) in [5.41, 5.74) is 4.39. The minimum atomic E-state index is -0.523. The summed E-state index contributed by atoms with van der Waals surface area (Å²) in [6, 6.07) is 29.5. The van der Waals surface area contributed by atoms with Crippen molar-refractivity contribution in [1.29, 1.82) is 0 Å². The van der Waals surface area contributed by atoms with Crippen LogP contribution >= 0.6 is 11.8 Å². The van der Waals surface area contributed by atoms with Gasteiger partial charge in [0.05, 0.1) is 11.8 Å². The number of hydrogen-bond acceptors (Lipinski definition) is 7. The number of aromatic hydroxyl groups is 1. The second-order valence-corrected chi connectivity index (χ2v) is 8.29. The number of hydrogen-bond donors (Lipinski definition) is 2. The molecule has 3 aromatic carbocycles. The summed E-state index contributed by atoms with van der Waals surface area (Å²) < 4.78 is 7.81. The van der Waals surface area contributed by atoms with Crippen molar-refractivity contribution < 1.29 is 14.3 Å². The van der Waals surface area contributed by atoms with E-state index in [1.807, 2.05) is 65.2 Å². The predicted molar refractivity (Wildman–Crippen MR) is 133 cm³/mol. The highest BCUT2D eigenvalue weighted by Gasteiger charge is 2.18. The van der Waals surface area contributed by atoms with Crippen LogP contribution in [0.1, 0.15) is 16.1 Å². The van der Waals surface area contributed by atoms with Gasteiger partial charge in [0.1, 0.15) is 11.5 Å². The van der Waals surface area contributed by atoms with Gasteiger partial charge in [-0.3, -0.25) is 9.36 Å². The van der Waals surface area contributed by atoms with Gasteiger partial charge in [0.15, 0.2) is 10.9 Å². The number of nitrogens with zero attached hydrogens (tertiary/aromatic N) is 4. The summed E-state index contributed by atoms with van der Waals surface area (Å²) in [6.07, 6.45) is 1.39. The first kappa shape index (κ1) is 22.2. The molecule has 0 aliphatic rings. The summed E-state index contributed by atoms with van der Waals surface area (Å²) in [6.45, 7) is 0. The van der Waals surface area contributed by atoms with Crippen molar-refractivity contribution in [3.8, 4) is 22.8 Å². The fourth-order valence-corrected chi connectivity index (χ4v) is 4.17. The molecule has 35 heavy (non-hydrogen) atoms. The lowest BCUT2D eigenvalue weighted by atomic mass is 10.2. The minimum Gasteiger partial charge on any atom is -0.507 e. The van der Waals surface area contributed by atoms with Gasteiger partial charge in [-0.2, -0.15) is 5.10 Å². The Bertz CT molecular complexity index is 1480. The maximum atomic E-state index is 12.2. The Labute approximate surface area is 205 Å². The van der Waals surface area contributed by atoms with Crippen LogP contribution in [-0.2, 0) is 0 Å². The van der Waals surface area contributed by atoms with Crippen molar-refractivity contribution in [1.82, 2.24) is 20.2 Å². The third kappa shape index (κ3) is 4.99. The molecule has 2 heterocycles. The van der Waals surface area contributed by atoms with Gasteiger partial charge in [-0.25, -0.2) is 5.43 Å². The summed E-state index contributed by atoms with van der Waals surface area (Å²) in [7, 11) is 0. The molecule has 0 saturated carbocycles. The molecule has 0 fully saturated rings. The van der Waals surface area contributed by atoms with Gasteiger partial charge in [0.25, 0.3) is 5.91 Å². The van der Waals surface area contributed by atoms with Gasteiger partial charge in [-0.05, 0) is 48.2 Å². The number of carbonyl (C=O) groups excluding carboxylic acids is 1. The van der Waals surface area contributed by atoms with Crippen LogP contribution in [-0.4, -0.2) is 32.0 Å². The summed E-state index contributed by atoms with van der Waals surface area (Å²) in [5.74, 6) is 0.526. The largest absolute Gasteiger partial charge is 0.507 e. The quantitative estimate of drug-likeness (QED) is 0.246. The van der Waals surface area contributed by atoms with E-state index in [0.717, 1.165) is 17.1 Å². The second kappa shape index (κ2) is 10.1. The molecule has 0 unspecified atom stereocenters. The zero-order valence-corrected chi connectivity index (χ0v) is 19.1. The maximum absolute atomic E-state index is 12.2. The highest BCUT2D eigenvalue weighted by atomic mass is 32.2. The Morgan fingerprint density at radius 2 is 1.63 bits per heavy atom. The molecule has 0 aliphatic heterocycles. The van der Waals surface area contributed by atoms with Gasteiger partial charge in [-0.15, -0.1) is 10.2 Å². The SMILES string of the molecule is O=C(N/N=C\c1ccc(Sc2nnc(-c3ccccc3)n2-c2ccccc2)o1)c1ccccc1O. The number of hydrazone groups is 1. The van der Waals surface area contributed by atoms with Crippen LogP contribution in [0.2, 0.25) is 0 Å². The number of para-hydroxylation sites is 2. The number of benzene rings is 3. The Morgan fingerprint density at radius 1 is 0.914 bits per heavy atom. The van der Waals surface area contributed by atoms with Crippen molar-refractivity contribution >= 4 is 23.9 Å². The van der Waals surface area contributed by atoms with Crippen molar-refractivity contribution in [2.24, 2.45) is 5.10 Å². The minimum absolute atomic E-state index is 0.116. The fraction of sp³-hybridized carbons (Fsp3) is 0. The number of amides is 1. The molecule has 0 saturated heterocycles. The highest BCUT2D eigenvalue weighted by molar-refractivity contribution is 7.99. The first-order valence-corrected chi connectivity index (χ1v) is 11.5. The Balaban J connectivity index is 1.35. The van der Waals surface area contributed by atoms with Gasteiger partial charge in [-0.1, -0.05) is 60.7 Å². The van der Waals surface area contributed by atoms with E-state index >= 15 is 0 Å². The van der Waals surface area contributed by atoms with Gasteiger partial charge >= 0.3 is 0 Å². The normalized spacial score (nSPS) is 11.1. The molecule has 2 aromatic heterocycles. The number of phenols is 1. The molecule has 2 N–H and O–H groups in total. The van der Waals surface area contributed by atoms with E-state index in [-0.39, 0.29) is 11.3 Å². The number of aromatic nitrogens is 3. The maximum Gasteiger partial charge on any atom is 0.275 e. The number of phenolic OH excluding ortho intramolecular Hbond substituents is 1. The molecule has 172 valence electrons. The molecule has 0 radical (unpaired) electrons. The average Bonchev–Trinajstić information content (AvgIpc) is 3.52. The fourth-order valence-electron chi connectivity index (χ4n) is 3.35. The van der Waals surface area contributed by atoms with Crippen molar-refractivity contribution in [2.45, 2.75) is 10.2 Å². The van der Waals surface area contributed by atoms with Crippen LogP contribution in [0.25, 0.3) is 17.1 Å². The lowest BCUT2D eigenvalue weighted by Gasteiger charge is -2.09. The van der Waals surface area contributed by atoms with Gasteiger partial charge < -0.3 is 9.52 Å². The number of furan rings is 1. The summed E-state index contributed by atoms with van der Waals surface area (Å²) in [4.78, 5) is 12.2. The van der Waals surface area contributed by atoms with Gasteiger partial charge in [0, 0.05) is 11.3 Å². The highest BCUT2D eigenvalue weighted by Crippen LogP contribution is 2.33. The Kier molecular flexibility index (Phi) is 6.40. The van der Waals surface area contributed by atoms with Crippen LogP contribution in [0.5, 0.6) is 5.75 Å². The molecular formula is C26H19N5O3S. The predicted octanol–water partition coefficient (Wildman–Crippen LogP) is 5.15. The van der Waals surface area contributed by atoms with E-state index in [2.05, 4.69) is 20.7 Å². The molecule has 5 rings (SSSR count). The molecule has 5 aromatic rings. The van der Waals surface area contributed by atoms with Crippen molar-refractivity contribution in [3.63, 3.8) is 0 Å². The Morgan fingerprint density at radius 3 is 2.40 bits per heavy atom. The third-order valence-electron chi connectivity index (χ3n) is 4.98. The first-order valence-electron chi connectivity index (χ1n) is 10.6. The monoisotopic (exact) mass is 481 g/mol. The van der Waals surface area contributed by atoms with E-state index in [0.29, 0.717) is 16.0 Å². The smallest absolute Gasteiger partial charge is 0.275 e. The van der Waals surface area contributed by atoms with E-state index in [1.54, 1.807) is 24.3 Å². The van der Waals surface area contributed by atoms with Crippen molar-refractivity contribution in [2.75, 3.05) is 0 Å². The standard InChI is InChI=1S/C26H19N5O3S/c32-22-14-8-7-13-21(22)25(33)29-27-17-20-15-16-23(34-20)35-26-30-28-24(18-9-3-1-4-10-18)31(26)19-11-5-2-6-12-19/h1-17,32H,(H,29,33)/b27-17-. The number of carbonyl (C=O) groups is 1. The lowest BCUT2D eigenvalue weighted by molar-refractivity contribution is 0.0952. The number of rotatable bonds is 7. The molecule has 9 heteroatoms. The molecule has 1 amide bonds. The molecule has 8 nitrogen and oxygen atoms in total. The van der Waals surface area contributed by atoms with Crippen LogP contribution in [0.3, 0.4) is 0 Å². The lowest BCUT2D eigenvalue weighted by Crippen LogP contribution is -2.17. The third-order valence-corrected chi connectivity index (χ3v) is 5.85. The summed E-state index contributed by atoms with van der Waals surface area (Å²) in [5, 5.41) is 23.7. The van der Waals surface area contributed by atoms with Crippen LogP contribution in [0, 0.1) is 0 Å². The second-order valence-electron chi connectivity index (χ2n) is 7.32. The molecular weight excluding hydrogens is 462 g/mol. The Hall–Kier alpha value is -4.63. The van der Waals surface area contributed by atoms with E-state index in [1.165, 1.54) is 30.1 Å². The number of nitrogens with one attached hydrogen (secondary N) is 1. The zero-order chi connectivity index (χ0) is 24.0. The van der Waals surface area contributed by atoms with E-state index in [9.17, 15) is 9.90 Å². The molecule has 0 bridgehead atoms. The first-order chi connectivity index (χ1) is 17.2. The van der Waals surface area contributed by atoms with E-state index < -0.39 is 5.91 Å². The van der Waals surface area contributed by atoms with Crippen LogP contribution in [0.4, 0.5) is 0 Å². The topological polar surface area (TPSA) is 106 Å². The van der Waals surface area contributed by atoms with Crippen LogP contribution < -0.4 is 5.43 Å². The molecule has 0 aliphatic carbocycles. The molecule has 0 atom stereocenters. The van der Waals surface area contributed by atoms with E-state index in [4.69, 9.17) is 4.42 Å².